The van der Waals surface area contributed by atoms with Gasteiger partial charge in [0, 0.05) is 4.47 Å². The van der Waals surface area contributed by atoms with Gasteiger partial charge in [-0.2, -0.15) is 0 Å². The summed E-state index contributed by atoms with van der Waals surface area (Å²) >= 11 is 3.12. The zero-order valence-electron chi connectivity index (χ0n) is 13.6. The number of hydrogen-bond acceptors (Lipinski definition) is 4. The second kappa shape index (κ2) is 9.17. The fourth-order valence-corrected chi connectivity index (χ4v) is 2.29. The summed E-state index contributed by atoms with van der Waals surface area (Å²) < 4.78 is 24.5. The standard InChI is InChI=1S/C18H17BrFNO4/c1-12-4-2-3-5-16(12)24-9-8-18(23)25-11-17(22)21-15-7-6-13(19)10-14(15)20/h2-7,10H,8-9,11H2,1H3,(H,21,22). The number of ether oxygens (including phenoxy) is 2. The Morgan fingerprint density at radius 3 is 2.68 bits per heavy atom. The fraction of sp³-hybridized carbons (Fsp3) is 0.222. The number of aryl methyl sites for hydroxylation is 1. The van der Waals surface area contributed by atoms with E-state index < -0.39 is 24.3 Å². The summed E-state index contributed by atoms with van der Waals surface area (Å²) in [4.78, 5) is 23.3. The molecule has 1 N–H and O–H groups in total. The van der Waals surface area contributed by atoms with Gasteiger partial charge in [-0.1, -0.05) is 34.1 Å². The third kappa shape index (κ3) is 6.19. The maximum Gasteiger partial charge on any atom is 0.309 e. The van der Waals surface area contributed by atoms with E-state index in [1.54, 1.807) is 12.1 Å². The van der Waals surface area contributed by atoms with E-state index in [2.05, 4.69) is 21.2 Å². The van der Waals surface area contributed by atoms with Crippen LogP contribution >= 0.6 is 15.9 Å². The first-order valence-corrected chi connectivity index (χ1v) is 8.34. The van der Waals surface area contributed by atoms with Crippen molar-refractivity contribution in [1.82, 2.24) is 0 Å². The summed E-state index contributed by atoms with van der Waals surface area (Å²) in [5, 5.41) is 2.34. The minimum absolute atomic E-state index is 0.00819. The number of amides is 1. The number of anilines is 1. The van der Waals surface area contributed by atoms with Gasteiger partial charge < -0.3 is 14.8 Å². The van der Waals surface area contributed by atoms with Gasteiger partial charge in [0.15, 0.2) is 6.61 Å². The summed E-state index contributed by atoms with van der Waals surface area (Å²) in [6.45, 7) is 1.56. The van der Waals surface area contributed by atoms with Crippen LogP contribution in [0.5, 0.6) is 5.75 Å². The summed E-state index contributed by atoms with van der Waals surface area (Å²) in [6.07, 6.45) is 0.00819. The Bertz CT molecular complexity index is 766. The Labute approximate surface area is 153 Å². The lowest BCUT2D eigenvalue weighted by Crippen LogP contribution is -2.22. The minimum Gasteiger partial charge on any atom is -0.493 e. The number of esters is 1. The monoisotopic (exact) mass is 409 g/mol. The molecule has 1 amide bonds. The molecule has 0 unspecified atom stereocenters. The molecule has 5 nitrogen and oxygen atoms in total. The van der Waals surface area contributed by atoms with Crippen molar-refractivity contribution in [2.24, 2.45) is 0 Å². The minimum atomic E-state index is -0.616. The molecule has 0 radical (unpaired) electrons. The number of rotatable bonds is 7. The van der Waals surface area contributed by atoms with Crippen LogP contribution in [0, 0.1) is 12.7 Å². The number of carbonyl (C=O) groups excluding carboxylic acids is 2. The van der Waals surface area contributed by atoms with Crippen molar-refractivity contribution in [3.63, 3.8) is 0 Å². The molecular formula is C18H17BrFNO4. The van der Waals surface area contributed by atoms with Crippen LogP contribution in [0.15, 0.2) is 46.9 Å². The van der Waals surface area contributed by atoms with Crippen molar-refractivity contribution >= 4 is 33.5 Å². The molecule has 0 saturated carbocycles. The summed E-state index contributed by atoms with van der Waals surface area (Å²) in [5.74, 6) is -1.08. The number of carbonyl (C=O) groups is 2. The zero-order chi connectivity index (χ0) is 18.2. The maximum atomic E-state index is 13.6. The van der Waals surface area contributed by atoms with Crippen molar-refractivity contribution in [3.05, 3.63) is 58.3 Å². The first-order valence-electron chi connectivity index (χ1n) is 7.54. The van der Waals surface area contributed by atoms with E-state index in [1.807, 2.05) is 25.1 Å². The quantitative estimate of drug-likeness (QED) is 0.705. The third-order valence-corrected chi connectivity index (χ3v) is 3.72. The van der Waals surface area contributed by atoms with E-state index in [0.717, 1.165) is 5.56 Å². The van der Waals surface area contributed by atoms with Crippen molar-refractivity contribution in [3.8, 4) is 5.75 Å². The molecule has 0 saturated heterocycles. The Morgan fingerprint density at radius 1 is 1.20 bits per heavy atom. The van der Waals surface area contributed by atoms with E-state index in [4.69, 9.17) is 9.47 Å². The van der Waals surface area contributed by atoms with E-state index >= 15 is 0 Å². The number of hydrogen-bond donors (Lipinski definition) is 1. The lowest BCUT2D eigenvalue weighted by molar-refractivity contribution is -0.147. The highest BCUT2D eigenvalue weighted by molar-refractivity contribution is 9.10. The lowest BCUT2D eigenvalue weighted by atomic mass is 10.2. The smallest absolute Gasteiger partial charge is 0.309 e. The van der Waals surface area contributed by atoms with Crippen LogP contribution in [0.1, 0.15) is 12.0 Å². The number of nitrogens with one attached hydrogen (secondary N) is 1. The Hall–Kier alpha value is -2.41. The molecule has 0 aliphatic heterocycles. The van der Waals surface area contributed by atoms with Gasteiger partial charge in [-0.05, 0) is 36.8 Å². The second-order valence-electron chi connectivity index (χ2n) is 5.20. The Morgan fingerprint density at radius 2 is 1.96 bits per heavy atom. The van der Waals surface area contributed by atoms with Gasteiger partial charge in [0.05, 0.1) is 18.7 Å². The highest BCUT2D eigenvalue weighted by Gasteiger charge is 2.11. The van der Waals surface area contributed by atoms with E-state index in [1.165, 1.54) is 12.1 Å². The number of halogens is 2. The van der Waals surface area contributed by atoms with Gasteiger partial charge in [-0.15, -0.1) is 0 Å². The molecule has 7 heteroatoms. The molecule has 2 aromatic carbocycles. The molecule has 0 aliphatic carbocycles. The Balaban J connectivity index is 1.70. The number of para-hydroxylation sites is 1. The molecule has 25 heavy (non-hydrogen) atoms. The van der Waals surface area contributed by atoms with Crippen LogP contribution < -0.4 is 10.1 Å². The number of benzene rings is 2. The normalized spacial score (nSPS) is 10.2. The predicted molar refractivity (Wildman–Crippen MR) is 95.0 cm³/mol. The molecule has 0 spiro atoms. The van der Waals surface area contributed by atoms with E-state index in [-0.39, 0.29) is 18.7 Å². The highest BCUT2D eigenvalue weighted by atomic mass is 79.9. The topological polar surface area (TPSA) is 64.6 Å². The van der Waals surface area contributed by atoms with Crippen LogP contribution in [0.4, 0.5) is 10.1 Å². The van der Waals surface area contributed by atoms with Crippen molar-refractivity contribution < 1.29 is 23.5 Å². The predicted octanol–water partition coefficient (Wildman–Crippen LogP) is 3.85. The Kier molecular flexibility index (Phi) is 6.94. The van der Waals surface area contributed by atoms with Crippen LogP contribution in [0.25, 0.3) is 0 Å². The fourth-order valence-electron chi connectivity index (χ4n) is 1.96. The SMILES string of the molecule is Cc1ccccc1OCCC(=O)OCC(=O)Nc1ccc(Br)cc1F. The van der Waals surface area contributed by atoms with Crippen molar-refractivity contribution in [2.45, 2.75) is 13.3 Å². The maximum absolute atomic E-state index is 13.6. The van der Waals surface area contributed by atoms with Crippen molar-refractivity contribution in [1.29, 1.82) is 0 Å². The molecule has 0 heterocycles. The third-order valence-electron chi connectivity index (χ3n) is 3.23. The van der Waals surface area contributed by atoms with Crippen LogP contribution in [-0.2, 0) is 14.3 Å². The zero-order valence-corrected chi connectivity index (χ0v) is 15.1. The van der Waals surface area contributed by atoms with Crippen LogP contribution in [0.2, 0.25) is 0 Å². The first-order chi connectivity index (χ1) is 12.0. The van der Waals surface area contributed by atoms with Crippen LogP contribution in [0.3, 0.4) is 0 Å². The highest BCUT2D eigenvalue weighted by Crippen LogP contribution is 2.19. The summed E-state index contributed by atoms with van der Waals surface area (Å²) in [7, 11) is 0. The first kappa shape index (κ1) is 18.9. The molecule has 2 aromatic rings. The second-order valence-corrected chi connectivity index (χ2v) is 6.11. The van der Waals surface area contributed by atoms with Gasteiger partial charge in [-0.25, -0.2) is 4.39 Å². The summed E-state index contributed by atoms with van der Waals surface area (Å²) in [6, 6.07) is 11.7. The lowest BCUT2D eigenvalue weighted by Gasteiger charge is -2.09. The molecule has 0 aliphatic rings. The molecule has 0 fully saturated rings. The van der Waals surface area contributed by atoms with Gasteiger partial charge in [0.25, 0.3) is 5.91 Å². The van der Waals surface area contributed by atoms with Crippen molar-refractivity contribution in [2.75, 3.05) is 18.5 Å². The van der Waals surface area contributed by atoms with Gasteiger partial charge in [0.1, 0.15) is 11.6 Å². The molecule has 2 rings (SSSR count). The molecule has 0 bridgehead atoms. The average Bonchev–Trinajstić information content (AvgIpc) is 2.57. The molecule has 0 aromatic heterocycles. The molecule has 0 atom stereocenters. The summed E-state index contributed by atoms with van der Waals surface area (Å²) in [5.41, 5.74) is 0.985. The van der Waals surface area contributed by atoms with Gasteiger partial charge >= 0.3 is 5.97 Å². The van der Waals surface area contributed by atoms with E-state index in [9.17, 15) is 14.0 Å². The van der Waals surface area contributed by atoms with Crippen LogP contribution in [-0.4, -0.2) is 25.1 Å². The average molecular weight is 410 g/mol. The van der Waals surface area contributed by atoms with Gasteiger partial charge in [0.2, 0.25) is 0 Å². The molecule has 132 valence electrons. The molecular weight excluding hydrogens is 393 g/mol. The van der Waals surface area contributed by atoms with E-state index in [0.29, 0.717) is 10.2 Å². The largest absolute Gasteiger partial charge is 0.493 e. The van der Waals surface area contributed by atoms with Gasteiger partial charge in [-0.3, -0.25) is 9.59 Å².